The highest BCUT2D eigenvalue weighted by Crippen LogP contribution is 2.26. The lowest BCUT2D eigenvalue weighted by Gasteiger charge is -2.24. The summed E-state index contributed by atoms with van der Waals surface area (Å²) < 4.78 is 1.67. The third kappa shape index (κ3) is 8.21. The van der Waals surface area contributed by atoms with Gasteiger partial charge in [-0.2, -0.15) is 5.26 Å². The molecular formula is C21H29Cl2N3+2. The highest BCUT2D eigenvalue weighted by Gasteiger charge is 2.14. The first-order chi connectivity index (χ1) is 11.9. The number of rotatable bonds is 4. The van der Waals surface area contributed by atoms with E-state index >= 15 is 0 Å². The molecule has 0 aliphatic rings. The zero-order chi connectivity index (χ0) is 20.0. The van der Waals surface area contributed by atoms with Crippen LogP contribution >= 0.6 is 23.2 Å². The van der Waals surface area contributed by atoms with Crippen molar-refractivity contribution in [3.63, 3.8) is 0 Å². The Labute approximate surface area is 168 Å². The van der Waals surface area contributed by atoms with Gasteiger partial charge in [0.15, 0.2) is 0 Å². The number of quaternary nitrogens is 2. The minimum atomic E-state index is 0.751. The van der Waals surface area contributed by atoms with Gasteiger partial charge in [0.05, 0.1) is 64.0 Å². The van der Waals surface area contributed by atoms with Crippen LogP contribution in [0.3, 0.4) is 0 Å². The SMILES string of the molecule is C[N+](C)(C)Cc1c(Cl)cccc1Cl.C[N+](C)(C)Cc1ccccc1C#N. The third-order valence-corrected chi connectivity index (χ3v) is 4.18. The van der Waals surface area contributed by atoms with Crippen molar-refractivity contribution in [2.45, 2.75) is 13.1 Å². The Balaban J connectivity index is 0.000000260. The summed E-state index contributed by atoms with van der Waals surface area (Å²) in [5.74, 6) is 0. The average molecular weight is 394 g/mol. The molecule has 26 heavy (non-hydrogen) atoms. The van der Waals surface area contributed by atoms with Crippen LogP contribution in [-0.2, 0) is 13.1 Å². The maximum absolute atomic E-state index is 8.86. The number of nitrogens with zero attached hydrogens (tertiary/aromatic N) is 3. The maximum Gasteiger partial charge on any atom is 0.107 e. The molecule has 2 aromatic carbocycles. The summed E-state index contributed by atoms with van der Waals surface area (Å²) >= 11 is 12.1. The molecule has 0 aromatic heterocycles. The standard InChI is InChI=1S/C11H15N2.C10H14Cl2N/c1-13(2,3)9-11-7-5-4-6-10(11)8-12;1-13(2,3)7-8-9(11)5-4-6-10(8)12/h4-7H,9H2,1-3H3;4-6H,7H2,1-3H3/q2*+1. The van der Waals surface area contributed by atoms with Crippen LogP contribution < -0.4 is 0 Å². The molecule has 0 saturated carbocycles. The van der Waals surface area contributed by atoms with Crippen molar-refractivity contribution in [3.8, 4) is 6.07 Å². The highest BCUT2D eigenvalue weighted by molar-refractivity contribution is 6.35. The van der Waals surface area contributed by atoms with Gasteiger partial charge < -0.3 is 8.97 Å². The van der Waals surface area contributed by atoms with Gasteiger partial charge in [-0.3, -0.25) is 0 Å². The Kier molecular flexibility index (Phi) is 8.12. The Morgan fingerprint density at radius 3 is 1.73 bits per heavy atom. The molecule has 2 aromatic rings. The van der Waals surface area contributed by atoms with Gasteiger partial charge in [-0.25, -0.2) is 0 Å². The van der Waals surface area contributed by atoms with E-state index in [0.29, 0.717) is 0 Å². The lowest BCUT2D eigenvalue weighted by molar-refractivity contribution is -0.884. The number of benzene rings is 2. The van der Waals surface area contributed by atoms with Gasteiger partial charge in [-0.1, -0.05) is 47.5 Å². The summed E-state index contributed by atoms with van der Waals surface area (Å²) in [5, 5.41) is 10.4. The van der Waals surface area contributed by atoms with E-state index < -0.39 is 0 Å². The number of halogens is 2. The van der Waals surface area contributed by atoms with Gasteiger partial charge >= 0.3 is 0 Å². The van der Waals surface area contributed by atoms with E-state index in [4.69, 9.17) is 28.5 Å². The van der Waals surface area contributed by atoms with Gasteiger partial charge in [0.2, 0.25) is 0 Å². The van der Waals surface area contributed by atoms with Crippen LogP contribution in [0.15, 0.2) is 42.5 Å². The van der Waals surface area contributed by atoms with Gasteiger partial charge in [0.25, 0.3) is 0 Å². The van der Waals surface area contributed by atoms with Crippen molar-refractivity contribution in [2.24, 2.45) is 0 Å². The normalized spacial score (nSPS) is 11.3. The van der Waals surface area contributed by atoms with Crippen LogP contribution in [0, 0.1) is 11.3 Å². The lowest BCUT2D eigenvalue weighted by atomic mass is 10.1. The minimum Gasteiger partial charge on any atom is -0.327 e. The molecule has 0 aliphatic heterocycles. The molecule has 0 unspecified atom stereocenters. The van der Waals surface area contributed by atoms with Crippen LogP contribution in [0.25, 0.3) is 0 Å². The van der Waals surface area contributed by atoms with Crippen LogP contribution in [0.2, 0.25) is 10.0 Å². The zero-order valence-corrected chi connectivity index (χ0v) is 18.1. The van der Waals surface area contributed by atoms with Crippen molar-refractivity contribution >= 4 is 23.2 Å². The molecular weight excluding hydrogens is 365 g/mol. The van der Waals surface area contributed by atoms with Crippen LogP contribution in [-0.4, -0.2) is 51.3 Å². The molecule has 0 spiro atoms. The fraction of sp³-hybridized carbons (Fsp3) is 0.381. The molecule has 3 nitrogen and oxygen atoms in total. The Bertz CT molecular complexity index is 746. The predicted octanol–water partition coefficient (Wildman–Crippen LogP) is 4.96. The summed E-state index contributed by atoms with van der Waals surface area (Å²) in [5.41, 5.74) is 2.94. The Morgan fingerprint density at radius 2 is 1.27 bits per heavy atom. The molecule has 0 N–H and O–H groups in total. The number of nitriles is 1. The van der Waals surface area contributed by atoms with Crippen molar-refractivity contribution in [3.05, 3.63) is 69.2 Å². The molecule has 0 bridgehead atoms. The summed E-state index contributed by atoms with van der Waals surface area (Å²) in [7, 11) is 12.7. The first kappa shape index (κ1) is 22.5. The molecule has 0 aliphatic carbocycles. The van der Waals surface area contributed by atoms with Crippen LogP contribution in [0.4, 0.5) is 0 Å². The second-order valence-electron chi connectivity index (χ2n) is 8.37. The molecule has 0 atom stereocenters. The van der Waals surface area contributed by atoms with Crippen molar-refractivity contribution in [2.75, 3.05) is 42.3 Å². The van der Waals surface area contributed by atoms with Gasteiger partial charge in [-0.15, -0.1) is 0 Å². The smallest absolute Gasteiger partial charge is 0.107 e. The number of hydrogen-bond acceptors (Lipinski definition) is 1. The lowest BCUT2D eigenvalue weighted by Crippen LogP contribution is -2.33. The summed E-state index contributed by atoms with van der Waals surface area (Å²) in [6.07, 6.45) is 0. The molecule has 0 fully saturated rings. The van der Waals surface area contributed by atoms with Crippen molar-refractivity contribution < 1.29 is 8.97 Å². The zero-order valence-electron chi connectivity index (χ0n) is 16.6. The summed E-state index contributed by atoms with van der Waals surface area (Å²) in [4.78, 5) is 0. The second-order valence-corrected chi connectivity index (χ2v) is 9.18. The van der Waals surface area contributed by atoms with E-state index in [0.717, 1.165) is 48.8 Å². The topological polar surface area (TPSA) is 23.8 Å². The highest BCUT2D eigenvalue weighted by atomic mass is 35.5. The van der Waals surface area contributed by atoms with E-state index in [1.165, 1.54) is 0 Å². The van der Waals surface area contributed by atoms with Crippen molar-refractivity contribution in [1.82, 2.24) is 0 Å². The first-order valence-electron chi connectivity index (χ1n) is 8.45. The summed E-state index contributed by atoms with van der Waals surface area (Å²) in [6.45, 7) is 1.74. The Morgan fingerprint density at radius 1 is 0.769 bits per heavy atom. The molecule has 2 rings (SSSR count). The van der Waals surface area contributed by atoms with E-state index in [1.807, 2.05) is 42.5 Å². The van der Waals surface area contributed by atoms with Gasteiger partial charge in [0, 0.05) is 11.1 Å². The third-order valence-electron chi connectivity index (χ3n) is 3.48. The van der Waals surface area contributed by atoms with Crippen LogP contribution in [0.1, 0.15) is 16.7 Å². The quantitative estimate of drug-likeness (QED) is 0.672. The Hall–Kier alpha value is -1.57. The average Bonchev–Trinajstić information content (AvgIpc) is 2.50. The molecule has 5 heteroatoms. The molecule has 0 amide bonds. The second kappa shape index (κ2) is 9.39. The monoisotopic (exact) mass is 393 g/mol. The van der Waals surface area contributed by atoms with Crippen LogP contribution in [0.5, 0.6) is 0 Å². The molecule has 0 radical (unpaired) electrons. The molecule has 0 saturated heterocycles. The molecule has 140 valence electrons. The molecule has 0 heterocycles. The van der Waals surface area contributed by atoms with E-state index in [-0.39, 0.29) is 0 Å². The van der Waals surface area contributed by atoms with Crippen molar-refractivity contribution in [1.29, 1.82) is 5.26 Å². The minimum absolute atomic E-state index is 0.751. The van der Waals surface area contributed by atoms with E-state index in [1.54, 1.807) is 0 Å². The maximum atomic E-state index is 8.86. The predicted molar refractivity (Wildman–Crippen MR) is 111 cm³/mol. The van der Waals surface area contributed by atoms with Gasteiger partial charge in [-0.05, 0) is 18.2 Å². The van der Waals surface area contributed by atoms with E-state index in [9.17, 15) is 0 Å². The number of hydrogen-bond donors (Lipinski definition) is 0. The first-order valence-corrected chi connectivity index (χ1v) is 9.20. The fourth-order valence-corrected chi connectivity index (χ4v) is 2.95. The van der Waals surface area contributed by atoms with Gasteiger partial charge in [0.1, 0.15) is 13.1 Å². The summed E-state index contributed by atoms with van der Waals surface area (Å²) in [6, 6.07) is 15.6. The fourth-order valence-electron chi connectivity index (χ4n) is 2.44. The van der Waals surface area contributed by atoms with E-state index in [2.05, 4.69) is 48.4 Å². The largest absolute Gasteiger partial charge is 0.327 e.